The minimum Gasteiger partial charge on any atom is -0.316 e. The molecule has 2 heterocycles. The van der Waals surface area contributed by atoms with Gasteiger partial charge in [0.05, 0.1) is 5.52 Å². The van der Waals surface area contributed by atoms with Crippen molar-refractivity contribution in [3.63, 3.8) is 0 Å². The Morgan fingerprint density at radius 3 is 3.13 bits per heavy atom. The first kappa shape index (κ1) is 8.92. The maximum absolute atomic E-state index is 4.41. The van der Waals surface area contributed by atoms with Gasteiger partial charge in [-0.25, -0.2) is 0 Å². The van der Waals surface area contributed by atoms with E-state index in [-0.39, 0.29) is 0 Å². The third-order valence-electron chi connectivity index (χ3n) is 3.28. The summed E-state index contributed by atoms with van der Waals surface area (Å²) < 4.78 is 0. The van der Waals surface area contributed by atoms with Crippen LogP contribution in [0.15, 0.2) is 18.2 Å². The molecule has 0 spiro atoms. The molecule has 1 aromatic carbocycles. The zero-order chi connectivity index (χ0) is 10.3. The quantitative estimate of drug-likeness (QED) is 0.740. The van der Waals surface area contributed by atoms with Crippen LogP contribution >= 0.6 is 0 Å². The highest BCUT2D eigenvalue weighted by Gasteiger charge is 2.20. The van der Waals surface area contributed by atoms with Crippen molar-refractivity contribution in [3.8, 4) is 0 Å². The molecule has 1 unspecified atom stereocenters. The van der Waals surface area contributed by atoms with Gasteiger partial charge in [0.1, 0.15) is 0 Å². The summed E-state index contributed by atoms with van der Waals surface area (Å²) in [6.45, 7) is 4.31. The standard InChI is InChI=1S/C12H15N3/c1-8-3-2-4-10-11(8)14-15-12(10)9-5-6-13-7-9/h2-4,9,13H,5-7H2,1H3,(H,14,15). The molecule has 1 saturated heterocycles. The van der Waals surface area contributed by atoms with Crippen molar-refractivity contribution in [2.24, 2.45) is 0 Å². The van der Waals surface area contributed by atoms with Crippen LogP contribution in [0.5, 0.6) is 0 Å². The predicted octanol–water partition coefficient (Wildman–Crippen LogP) is 1.95. The molecule has 3 rings (SSSR count). The average Bonchev–Trinajstić information content (AvgIpc) is 2.85. The summed E-state index contributed by atoms with van der Waals surface area (Å²) in [6.07, 6.45) is 1.21. The van der Waals surface area contributed by atoms with Gasteiger partial charge in [-0.2, -0.15) is 5.10 Å². The number of fused-ring (bicyclic) bond motifs is 1. The summed E-state index contributed by atoms with van der Waals surface area (Å²) in [5.74, 6) is 0.608. The first-order chi connectivity index (χ1) is 7.36. The predicted molar refractivity (Wildman–Crippen MR) is 61.1 cm³/mol. The largest absolute Gasteiger partial charge is 0.316 e. The molecule has 1 fully saturated rings. The fourth-order valence-corrected chi connectivity index (χ4v) is 2.41. The van der Waals surface area contributed by atoms with Crippen LogP contribution in [-0.2, 0) is 0 Å². The first-order valence-electron chi connectivity index (χ1n) is 5.50. The molecule has 78 valence electrons. The van der Waals surface area contributed by atoms with Crippen molar-refractivity contribution in [2.75, 3.05) is 13.1 Å². The molecule has 15 heavy (non-hydrogen) atoms. The highest BCUT2D eigenvalue weighted by atomic mass is 15.1. The number of nitrogens with zero attached hydrogens (tertiary/aromatic N) is 1. The summed E-state index contributed by atoms with van der Waals surface area (Å²) in [5.41, 5.74) is 3.68. The second kappa shape index (κ2) is 3.35. The molecule has 3 heteroatoms. The lowest BCUT2D eigenvalue weighted by molar-refractivity contribution is 0.734. The summed E-state index contributed by atoms with van der Waals surface area (Å²) >= 11 is 0. The highest BCUT2D eigenvalue weighted by molar-refractivity contribution is 5.84. The maximum Gasteiger partial charge on any atom is 0.0952 e. The Morgan fingerprint density at radius 2 is 2.33 bits per heavy atom. The highest BCUT2D eigenvalue weighted by Crippen LogP contribution is 2.28. The topological polar surface area (TPSA) is 40.7 Å². The van der Waals surface area contributed by atoms with Gasteiger partial charge in [0, 0.05) is 23.5 Å². The first-order valence-corrected chi connectivity index (χ1v) is 5.50. The lowest BCUT2D eigenvalue weighted by Gasteiger charge is -2.05. The van der Waals surface area contributed by atoms with E-state index in [1.165, 1.54) is 23.1 Å². The van der Waals surface area contributed by atoms with Crippen LogP contribution in [0, 0.1) is 6.92 Å². The van der Waals surface area contributed by atoms with Gasteiger partial charge < -0.3 is 5.32 Å². The van der Waals surface area contributed by atoms with Gasteiger partial charge in [0.25, 0.3) is 0 Å². The third kappa shape index (κ3) is 1.35. The number of nitrogens with one attached hydrogen (secondary N) is 2. The second-order valence-corrected chi connectivity index (χ2v) is 4.30. The lowest BCUT2D eigenvalue weighted by Crippen LogP contribution is -2.08. The van der Waals surface area contributed by atoms with Crippen molar-refractivity contribution in [3.05, 3.63) is 29.5 Å². The summed E-state index contributed by atoms with van der Waals surface area (Å²) in [4.78, 5) is 0. The van der Waals surface area contributed by atoms with Crippen molar-refractivity contribution >= 4 is 10.9 Å². The molecular formula is C12H15N3. The Hall–Kier alpha value is -1.35. The van der Waals surface area contributed by atoms with E-state index in [1.807, 2.05) is 0 Å². The molecule has 1 aliphatic rings. The smallest absolute Gasteiger partial charge is 0.0952 e. The van der Waals surface area contributed by atoms with E-state index in [1.54, 1.807) is 0 Å². The van der Waals surface area contributed by atoms with Crippen molar-refractivity contribution in [1.82, 2.24) is 15.5 Å². The summed E-state index contributed by atoms with van der Waals surface area (Å²) in [7, 11) is 0. The zero-order valence-electron chi connectivity index (χ0n) is 8.88. The number of aromatic amines is 1. The maximum atomic E-state index is 4.41. The molecule has 0 aliphatic carbocycles. The SMILES string of the molecule is Cc1cccc2c(C3CCNC3)[nH]nc12. The fourth-order valence-electron chi connectivity index (χ4n) is 2.41. The number of para-hydroxylation sites is 1. The number of rotatable bonds is 1. The number of benzene rings is 1. The van der Waals surface area contributed by atoms with Gasteiger partial charge in [-0.1, -0.05) is 18.2 Å². The van der Waals surface area contributed by atoms with Crippen molar-refractivity contribution in [2.45, 2.75) is 19.3 Å². The van der Waals surface area contributed by atoms with Crippen LogP contribution in [0.1, 0.15) is 23.6 Å². The number of aryl methyl sites for hydroxylation is 1. The van der Waals surface area contributed by atoms with Crippen LogP contribution in [-0.4, -0.2) is 23.3 Å². The molecule has 0 saturated carbocycles. The van der Waals surface area contributed by atoms with E-state index in [9.17, 15) is 0 Å². The Morgan fingerprint density at radius 1 is 1.40 bits per heavy atom. The van der Waals surface area contributed by atoms with Crippen molar-refractivity contribution in [1.29, 1.82) is 0 Å². The van der Waals surface area contributed by atoms with E-state index in [2.05, 4.69) is 40.6 Å². The van der Waals surface area contributed by atoms with Crippen molar-refractivity contribution < 1.29 is 0 Å². The second-order valence-electron chi connectivity index (χ2n) is 4.30. The fraction of sp³-hybridized carbons (Fsp3) is 0.417. The van der Waals surface area contributed by atoms with Crippen LogP contribution in [0.2, 0.25) is 0 Å². The van der Waals surface area contributed by atoms with Crippen LogP contribution < -0.4 is 5.32 Å². The molecule has 2 N–H and O–H groups in total. The Balaban J connectivity index is 2.15. The van der Waals surface area contributed by atoms with Crippen LogP contribution in [0.25, 0.3) is 10.9 Å². The molecular weight excluding hydrogens is 186 g/mol. The minimum absolute atomic E-state index is 0.608. The van der Waals surface area contributed by atoms with Gasteiger partial charge in [0.2, 0.25) is 0 Å². The molecule has 0 bridgehead atoms. The Labute approximate surface area is 88.9 Å². The normalized spacial score (nSPS) is 21.3. The van der Waals surface area contributed by atoms with E-state index >= 15 is 0 Å². The molecule has 2 aromatic rings. The molecule has 1 aliphatic heterocycles. The van der Waals surface area contributed by atoms with Gasteiger partial charge in [-0.05, 0) is 25.5 Å². The average molecular weight is 201 g/mol. The Bertz CT molecular complexity index is 481. The van der Waals surface area contributed by atoms with E-state index < -0.39 is 0 Å². The summed E-state index contributed by atoms with van der Waals surface area (Å²) in [6, 6.07) is 6.39. The van der Waals surface area contributed by atoms with Gasteiger partial charge in [0.15, 0.2) is 0 Å². The summed E-state index contributed by atoms with van der Waals surface area (Å²) in [5, 5.41) is 12.3. The van der Waals surface area contributed by atoms with Gasteiger partial charge in [-0.3, -0.25) is 5.10 Å². The molecule has 0 radical (unpaired) electrons. The zero-order valence-corrected chi connectivity index (χ0v) is 8.88. The molecule has 3 nitrogen and oxygen atoms in total. The minimum atomic E-state index is 0.608. The Kier molecular flexibility index (Phi) is 1.99. The molecule has 0 amide bonds. The van der Waals surface area contributed by atoms with Crippen LogP contribution in [0.3, 0.4) is 0 Å². The molecule has 1 aromatic heterocycles. The van der Waals surface area contributed by atoms with Gasteiger partial charge >= 0.3 is 0 Å². The monoisotopic (exact) mass is 201 g/mol. The van der Waals surface area contributed by atoms with E-state index in [4.69, 9.17) is 0 Å². The van der Waals surface area contributed by atoms with E-state index in [0.717, 1.165) is 18.6 Å². The number of aromatic nitrogens is 2. The number of hydrogen-bond acceptors (Lipinski definition) is 2. The third-order valence-corrected chi connectivity index (χ3v) is 3.28. The molecule has 1 atom stereocenters. The van der Waals surface area contributed by atoms with Gasteiger partial charge in [-0.15, -0.1) is 0 Å². The lowest BCUT2D eigenvalue weighted by atomic mass is 10.0. The van der Waals surface area contributed by atoms with E-state index in [0.29, 0.717) is 5.92 Å². The number of hydrogen-bond donors (Lipinski definition) is 2. The number of H-pyrrole nitrogens is 1. The van der Waals surface area contributed by atoms with Crippen LogP contribution in [0.4, 0.5) is 0 Å².